The van der Waals surface area contributed by atoms with E-state index in [1.807, 2.05) is 0 Å². The molecule has 2 rings (SSSR count). The molecule has 19 heavy (non-hydrogen) atoms. The molecule has 0 spiro atoms. The lowest BCUT2D eigenvalue weighted by Gasteiger charge is -2.09. The summed E-state index contributed by atoms with van der Waals surface area (Å²) in [5, 5.41) is 13.6. The number of carbonyl (C=O) groups excluding carboxylic acids is 1. The minimum Gasteiger partial charge on any atom is -0.476 e. The minimum absolute atomic E-state index is 0.0000305. The van der Waals surface area contributed by atoms with Crippen molar-refractivity contribution in [3.63, 3.8) is 0 Å². The number of carboxylic acids is 1. The fourth-order valence-corrected chi connectivity index (χ4v) is 3.44. The first-order chi connectivity index (χ1) is 8.97. The van der Waals surface area contributed by atoms with Crippen LogP contribution in [0.15, 0.2) is 21.3 Å². The smallest absolute Gasteiger partial charge is 0.355 e. The minimum atomic E-state index is -1.07. The molecule has 2 heterocycles. The highest BCUT2D eigenvalue weighted by molar-refractivity contribution is 9.11. The molecule has 0 bridgehead atoms. The Hall–Kier alpha value is -1.25. The van der Waals surface area contributed by atoms with Gasteiger partial charge in [-0.05, 0) is 35.0 Å². The van der Waals surface area contributed by atoms with Crippen LogP contribution in [0.4, 0.5) is 0 Å². The van der Waals surface area contributed by atoms with Gasteiger partial charge in [-0.25, -0.2) is 9.78 Å². The van der Waals surface area contributed by atoms with Gasteiger partial charge in [-0.1, -0.05) is 0 Å². The van der Waals surface area contributed by atoms with Crippen molar-refractivity contribution in [3.8, 4) is 0 Å². The number of aromatic carboxylic acids is 1. The van der Waals surface area contributed by atoms with Gasteiger partial charge in [0.1, 0.15) is 5.01 Å². The summed E-state index contributed by atoms with van der Waals surface area (Å²) in [4.78, 5) is 27.2. The molecule has 2 N–H and O–H groups in total. The number of nitrogens with one attached hydrogen (secondary N) is 1. The number of thiazole rings is 1. The number of thiophene rings is 1. The molecule has 1 unspecified atom stereocenters. The second kappa shape index (κ2) is 5.81. The summed E-state index contributed by atoms with van der Waals surface area (Å²) in [5.41, 5.74) is -0.0000305. The monoisotopic (exact) mass is 360 g/mol. The zero-order valence-electron chi connectivity index (χ0n) is 9.71. The molecular formula is C11H9BrN2O3S2. The van der Waals surface area contributed by atoms with Gasteiger partial charge in [0.2, 0.25) is 0 Å². The van der Waals surface area contributed by atoms with Gasteiger partial charge in [-0.15, -0.1) is 22.7 Å². The van der Waals surface area contributed by atoms with E-state index in [2.05, 4.69) is 26.2 Å². The Bertz CT molecular complexity index is 623. The van der Waals surface area contributed by atoms with E-state index >= 15 is 0 Å². The molecular weight excluding hydrogens is 352 g/mol. The average Bonchev–Trinajstić information content (AvgIpc) is 2.96. The molecule has 0 aliphatic rings. The first-order valence-corrected chi connectivity index (χ1v) is 7.71. The molecule has 5 nitrogen and oxygen atoms in total. The highest BCUT2D eigenvalue weighted by Crippen LogP contribution is 2.23. The largest absolute Gasteiger partial charge is 0.476 e. The normalized spacial score (nSPS) is 12.1. The quantitative estimate of drug-likeness (QED) is 0.877. The maximum absolute atomic E-state index is 11.9. The summed E-state index contributed by atoms with van der Waals surface area (Å²) in [6.07, 6.45) is 0. The maximum Gasteiger partial charge on any atom is 0.355 e. The Balaban J connectivity index is 2.05. The Morgan fingerprint density at radius 3 is 2.74 bits per heavy atom. The molecule has 1 atom stereocenters. The van der Waals surface area contributed by atoms with Crippen LogP contribution < -0.4 is 5.32 Å². The van der Waals surface area contributed by atoms with Crippen LogP contribution in [0.3, 0.4) is 0 Å². The van der Waals surface area contributed by atoms with Crippen LogP contribution in [0, 0.1) is 0 Å². The molecule has 0 aliphatic heterocycles. The van der Waals surface area contributed by atoms with E-state index in [-0.39, 0.29) is 17.6 Å². The number of amides is 1. The van der Waals surface area contributed by atoms with Gasteiger partial charge >= 0.3 is 5.97 Å². The van der Waals surface area contributed by atoms with Crippen molar-refractivity contribution in [2.75, 3.05) is 0 Å². The third-order valence-corrected chi connectivity index (χ3v) is 4.91. The van der Waals surface area contributed by atoms with Crippen molar-refractivity contribution in [1.82, 2.24) is 10.3 Å². The summed E-state index contributed by atoms with van der Waals surface area (Å²) in [6, 6.07) is 3.20. The highest BCUT2D eigenvalue weighted by Gasteiger charge is 2.17. The predicted octanol–water partition coefficient (Wildman–Crippen LogP) is 3.16. The van der Waals surface area contributed by atoms with Crippen LogP contribution in [0.2, 0.25) is 0 Å². The number of aromatic nitrogens is 1. The van der Waals surface area contributed by atoms with Gasteiger partial charge < -0.3 is 10.4 Å². The fraction of sp³-hybridized carbons (Fsp3) is 0.182. The number of rotatable bonds is 4. The summed E-state index contributed by atoms with van der Waals surface area (Å²) in [6.45, 7) is 1.77. The van der Waals surface area contributed by atoms with E-state index in [1.165, 1.54) is 28.1 Å². The Morgan fingerprint density at radius 2 is 2.21 bits per heavy atom. The van der Waals surface area contributed by atoms with Crippen LogP contribution in [-0.4, -0.2) is 22.0 Å². The van der Waals surface area contributed by atoms with Crippen molar-refractivity contribution in [3.05, 3.63) is 36.9 Å². The van der Waals surface area contributed by atoms with Crippen LogP contribution in [-0.2, 0) is 0 Å². The van der Waals surface area contributed by atoms with Gasteiger partial charge in [0.15, 0.2) is 5.69 Å². The second-order valence-electron chi connectivity index (χ2n) is 3.68. The van der Waals surface area contributed by atoms with Crippen molar-refractivity contribution in [2.24, 2.45) is 0 Å². The SMILES string of the molecule is CC(NC(=O)c1ccc(Br)s1)c1nc(C(=O)O)cs1. The lowest BCUT2D eigenvalue weighted by molar-refractivity contribution is 0.0691. The van der Waals surface area contributed by atoms with Gasteiger partial charge in [-0.2, -0.15) is 0 Å². The maximum atomic E-state index is 11.9. The second-order valence-corrected chi connectivity index (χ2v) is 7.03. The van der Waals surface area contributed by atoms with E-state index in [1.54, 1.807) is 19.1 Å². The molecule has 0 saturated carbocycles. The van der Waals surface area contributed by atoms with Gasteiger partial charge in [0.05, 0.1) is 14.7 Å². The van der Waals surface area contributed by atoms with Gasteiger partial charge in [0.25, 0.3) is 5.91 Å². The zero-order valence-corrected chi connectivity index (χ0v) is 12.9. The number of carboxylic acid groups (broad SMARTS) is 1. The topological polar surface area (TPSA) is 79.3 Å². The molecule has 8 heteroatoms. The molecule has 2 aromatic heterocycles. The van der Waals surface area contributed by atoms with Crippen molar-refractivity contribution >= 4 is 50.5 Å². The van der Waals surface area contributed by atoms with E-state index in [0.29, 0.717) is 9.88 Å². The van der Waals surface area contributed by atoms with Crippen LogP contribution in [0.25, 0.3) is 0 Å². The molecule has 0 fully saturated rings. The summed E-state index contributed by atoms with van der Waals surface area (Å²) >= 11 is 5.85. The van der Waals surface area contributed by atoms with Crippen molar-refractivity contribution in [2.45, 2.75) is 13.0 Å². The number of nitrogens with zero attached hydrogens (tertiary/aromatic N) is 1. The first kappa shape index (κ1) is 14.2. The van der Waals surface area contributed by atoms with Crippen LogP contribution in [0.5, 0.6) is 0 Å². The molecule has 1 amide bonds. The zero-order chi connectivity index (χ0) is 14.0. The number of hydrogen-bond acceptors (Lipinski definition) is 5. The van der Waals surface area contributed by atoms with E-state index < -0.39 is 5.97 Å². The fourth-order valence-electron chi connectivity index (χ4n) is 1.35. The Labute approximate surface area is 125 Å². The third-order valence-electron chi connectivity index (χ3n) is 2.26. The average molecular weight is 361 g/mol. The Morgan fingerprint density at radius 1 is 1.47 bits per heavy atom. The lowest BCUT2D eigenvalue weighted by atomic mass is 10.3. The van der Waals surface area contributed by atoms with E-state index in [0.717, 1.165) is 3.79 Å². The van der Waals surface area contributed by atoms with E-state index in [4.69, 9.17) is 5.11 Å². The van der Waals surface area contributed by atoms with E-state index in [9.17, 15) is 9.59 Å². The number of carbonyl (C=O) groups is 2. The van der Waals surface area contributed by atoms with Gasteiger partial charge in [-0.3, -0.25) is 4.79 Å². The molecule has 0 saturated heterocycles. The predicted molar refractivity (Wildman–Crippen MR) is 77.0 cm³/mol. The molecule has 0 aliphatic carbocycles. The number of halogens is 1. The summed E-state index contributed by atoms with van der Waals surface area (Å²) < 4.78 is 0.882. The molecule has 100 valence electrons. The first-order valence-electron chi connectivity index (χ1n) is 5.22. The van der Waals surface area contributed by atoms with Crippen LogP contribution in [0.1, 0.15) is 38.1 Å². The summed E-state index contributed by atoms with van der Waals surface area (Å²) in [7, 11) is 0. The summed E-state index contributed by atoms with van der Waals surface area (Å²) in [5.74, 6) is -1.27. The van der Waals surface area contributed by atoms with Crippen molar-refractivity contribution < 1.29 is 14.7 Å². The van der Waals surface area contributed by atoms with Crippen LogP contribution >= 0.6 is 38.6 Å². The molecule has 2 aromatic rings. The number of hydrogen-bond donors (Lipinski definition) is 2. The van der Waals surface area contributed by atoms with Crippen molar-refractivity contribution in [1.29, 1.82) is 0 Å². The third kappa shape index (κ3) is 3.40. The lowest BCUT2D eigenvalue weighted by Crippen LogP contribution is -2.25. The molecule has 0 radical (unpaired) electrons. The molecule has 0 aromatic carbocycles. The van der Waals surface area contributed by atoms with Gasteiger partial charge in [0, 0.05) is 5.38 Å². The Kier molecular flexibility index (Phi) is 4.33. The standard InChI is InChI=1S/C11H9BrN2O3S2/c1-5(10-14-6(4-18-10)11(16)17)13-9(15)7-2-3-8(12)19-7/h2-5H,1H3,(H,13,15)(H,16,17). The highest BCUT2D eigenvalue weighted by atomic mass is 79.9.